The number of hydrogen-bond acceptors (Lipinski definition) is 5. The van der Waals surface area contributed by atoms with Crippen molar-refractivity contribution in [1.29, 1.82) is 0 Å². The smallest absolute Gasteiger partial charge is 0.335 e. The van der Waals surface area contributed by atoms with Gasteiger partial charge in [0, 0.05) is 10.6 Å². The molecule has 0 saturated carbocycles. The van der Waals surface area contributed by atoms with Crippen molar-refractivity contribution in [2.45, 2.75) is 6.61 Å². The standard InChI is InChI=1S/C28H19ClN2O5/c29-20-8-13-25(36-16-18-6-3-5-17-4-1-2-7-23(17)18)19(14-20)15-24-26(33)30-28(35)31(27(24)34)21-9-11-22(32)12-10-21/h1-15,32H,16H2,(H,30,33,35)/b24-15+. The molecule has 1 fully saturated rings. The van der Waals surface area contributed by atoms with Crippen LogP contribution in [0.15, 0.2) is 90.5 Å². The highest BCUT2D eigenvalue weighted by Gasteiger charge is 2.37. The number of imide groups is 2. The fourth-order valence-electron chi connectivity index (χ4n) is 3.99. The summed E-state index contributed by atoms with van der Waals surface area (Å²) in [6.45, 7) is 0.247. The number of halogens is 1. The molecule has 0 unspecified atom stereocenters. The first-order valence-corrected chi connectivity index (χ1v) is 11.4. The average molecular weight is 499 g/mol. The van der Waals surface area contributed by atoms with Crippen LogP contribution < -0.4 is 15.0 Å². The third-order valence-corrected chi connectivity index (χ3v) is 5.98. The van der Waals surface area contributed by atoms with Crippen molar-refractivity contribution in [2.75, 3.05) is 4.90 Å². The minimum Gasteiger partial charge on any atom is -0.508 e. The van der Waals surface area contributed by atoms with Gasteiger partial charge in [-0.25, -0.2) is 9.69 Å². The zero-order chi connectivity index (χ0) is 25.2. The Bertz CT molecular complexity index is 1540. The zero-order valence-electron chi connectivity index (χ0n) is 18.8. The molecule has 178 valence electrons. The van der Waals surface area contributed by atoms with Crippen LogP contribution in [-0.2, 0) is 16.2 Å². The number of carbonyl (C=O) groups is 3. The summed E-state index contributed by atoms with van der Waals surface area (Å²) in [5.74, 6) is -1.26. The number of hydrogen-bond donors (Lipinski definition) is 2. The van der Waals surface area contributed by atoms with E-state index in [1.807, 2.05) is 42.5 Å². The molecule has 0 bridgehead atoms. The second kappa shape index (κ2) is 9.56. The molecule has 0 aliphatic carbocycles. The van der Waals surface area contributed by atoms with Gasteiger partial charge in [-0.1, -0.05) is 54.1 Å². The number of ether oxygens (including phenoxy) is 1. The highest BCUT2D eigenvalue weighted by atomic mass is 35.5. The SMILES string of the molecule is O=C1NC(=O)N(c2ccc(O)cc2)C(=O)/C1=C/c1cc(Cl)ccc1OCc1cccc2ccccc12. The maximum Gasteiger partial charge on any atom is 0.335 e. The molecule has 5 rings (SSSR count). The van der Waals surface area contributed by atoms with Crippen LogP contribution in [0.2, 0.25) is 5.02 Å². The van der Waals surface area contributed by atoms with Crippen molar-refractivity contribution < 1.29 is 24.2 Å². The summed E-state index contributed by atoms with van der Waals surface area (Å²) in [5.41, 5.74) is 1.31. The summed E-state index contributed by atoms with van der Waals surface area (Å²) < 4.78 is 6.09. The zero-order valence-corrected chi connectivity index (χ0v) is 19.5. The van der Waals surface area contributed by atoms with Crippen molar-refractivity contribution in [3.63, 3.8) is 0 Å². The molecule has 1 saturated heterocycles. The summed E-state index contributed by atoms with van der Waals surface area (Å²) in [6, 6.07) is 23.4. The predicted octanol–water partition coefficient (Wildman–Crippen LogP) is 5.44. The first-order valence-electron chi connectivity index (χ1n) is 11.0. The van der Waals surface area contributed by atoms with Crippen LogP contribution >= 0.6 is 11.6 Å². The number of aromatic hydroxyl groups is 1. The Morgan fingerprint density at radius 2 is 1.67 bits per heavy atom. The predicted molar refractivity (Wildman–Crippen MR) is 137 cm³/mol. The molecule has 1 heterocycles. The first kappa shape index (κ1) is 23.1. The molecular weight excluding hydrogens is 480 g/mol. The summed E-state index contributed by atoms with van der Waals surface area (Å²) in [5, 5.41) is 14.2. The molecular formula is C28H19ClN2O5. The largest absolute Gasteiger partial charge is 0.508 e. The van der Waals surface area contributed by atoms with Gasteiger partial charge in [0.25, 0.3) is 11.8 Å². The van der Waals surface area contributed by atoms with Gasteiger partial charge in [0.1, 0.15) is 23.7 Å². The maximum atomic E-state index is 13.2. The summed E-state index contributed by atoms with van der Waals surface area (Å²) >= 11 is 6.21. The van der Waals surface area contributed by atoms with Crippen molar-refractivity contribution in [1.82, 2.24) is 5.32 Å². The van der Waals surface area contributed by atoms with Gasteiger partial charge >= 0.3 is 6.03 Å². The van der Waals surface area contributed by atoms with E-state index in [4.69, 9.17) is 16.3 Å². The number of anilines is 1. The molecule has 36 heavy (non-hydrogen) atoms. The summed E-state index contributed by atoms with van der Waals surface area (Å²) in [6.07, 6.45) is 1.35. The molecule has 7 nitrogen and oxygen atoms in total. The second-order valence-electron chi connectivity index (χ2n) is 8.08. The first-order chi connectivity index (χ1) is 17.4. The van der Waals surface area contributed by atoms with E-state index in [0.29, 0.717) is 16.3 Å². The molecule has 1 aliphatic rings. The molecule has 1 aliphatic heterocycles. The van der Waals surface area contributed by atoms with E-state index in [2.05, 4.69) is 5.32 Å². The van der Waals surface area contributed by atoms with E-state index in [1.54, 1.807) is 18.2 Å². The molecule has 8 heteroatoms. The van der Waals surface area contributed by atoms with Crippen LogP contribution in [0.4, 0.5) is 10.5 Å². The number of nitrogens with one attached hydrogen (secondary N) is 1. The third kappa shape index (κ3) is 4.52. The Labute approximate surface area is 211 Å². The Morgan fingerprint density at radius 1 is 0.917 bits per heavy atom. The number of amides is 4. The summed E-state index contributed by atoms with van der Waals surface area (Å²) in [7, 11) is 0. The monoisotopic (exact) mass is 498 g/mol. The quantitative estimate of drug-likeness (QED) is 0.282. The lowest BCUT2D eigenvalue weighted by Gasteiger charge is -2.26. The Hall–Kier alpha value is -4.62. The van der Waals surface area contributed by atoms with Gasteiger partial charge in [0.15, 0.2) is 0 Å². The summed E-state index contributed by atoms with van der Waals surface area (Å²) in [4.78, 5) is 39.1. The van der Waals surface area contributed by atoms with Crippen LogP contribution in [0.3, 0.4) is 0 Å². The van der Waals surface area contributed by atoms with Crippen LogP contribution in [0.25, 0.3) is 16.8 Å². The fraction of sp³-hybridized carbons (Fsp3) is 0.0357. The van der Waals surface area contributed by atoms with E-state index in [-0.39, 0.29) is 23.6 Å². The lowest BCUT2D eigenvalue weighted by atomic mass is 10.0. The van der Waals surface area contributed by atoms with Crippen LogP contribution in [-0.4, -0.2) is 23.0 Å². The number of phenols is 1. The molecule has 4 amide bonds. The second-order valence-corrected chi connectivity index (χ2v) is 8.52. The van der Waals surface area contributed by atoms with Gasteiger partial charge < -0.3 is 9.84 Å². The fourth-order valence-corrected chi connectivity index (χ4v) is 4.17. The van der Waals surface area contributed by atoms with Crippen molar-refractivity contribution in [2.24, 2.45) is 0 Å². The number of carbonyl (C=O) groups excluding carboxylic acids is 3. The average Bonchev–Trinajstić information content (AvgIpc) is 2.87. The molecule has 0 spiro atoms. The van der Waals surface area contributed by atoms with Gasteiger partial charge in [-0.3, -0.25) is 14.9 Å². The number of benzene rings is 4. The molecule has 0 radical (unpaired) electrons. The van der Waals surface area contributed by atoms with Gasteiger partial charge in [0.05, 0.1) is 5.69 Å². The van der Waals surface area contributed by atoms with E-state index >= 15 is 0 Å². The Kier molecular flexibility index (Phi) is 6.14. The van der Waals surface area contributed by atoms with E-state index in [9.17, 15) is 19.5 Å². The Balaban J connectivity index is 1.48. The highest BCUT2D eigenvalue weighted by molar-refractivity contribution is 6.39. The molecule has 2 N–H and O–H groups in total. The molecule has 0 atom stereocenters. The normalized spacial score (nSPS) is 14.9. The van der Waals surface area contributed by atoms with E-state index < -0.39 is 17.8 Å². The number of phenolic OH excluding ortho intramolecular Hbond substituents is 1. The lowest BCUT2D eigenvalue weighted by Crippen LogP contribution is -2.54. The van der Waals surface area contributed by atoms with Crippen molar-refractivity contribution in [3.05, 3.63) is 107 Å². The van der Waals surface area contributed by atoms with Crippen LogP contribution in [0.5, 0.6) is 11.5 Å². The number of rotatable bonds is 5. The number of fused-ring (bicyclic) bond motifs is 1. The third-order valence-electron chi connectivity index (χ3n) is 5.74. The van der Waals surface area contributed by atoms with Crippen LogP contribution in [0, 0.1) is 0 Å². The van der Waals surface area contributed by atoms with Gasteiger partial charge in [-0.05, 0) is 64.9 Å². The maximum absolute atomic E-state index is 13.2. The lowest BCUT2D eigenvalue weighted by molar-refractivity contribution is -0.122. The van der Waals surface area contributed by atoms with Crippen molar-refractivity contribution >= 4 is 52.0 Å². The minimum absolute atomic E-state index is 0.0256. The number of barbiturate groups is 1. The molecule has 0 aromatic heterocycles. The van der Waals surface area contributed by atoms with Crippen molar-refractivity contribution in [3.8, 4) is 11.5 Å². The van der Waals surface area contributed by atoms with E-state index in [0.717, 1.165) is 21.2 Å². The van der Waals surface area contributed by atoms with Gasteiger partial charge in [-0.2, -0.15) is 0 Å². The van der Waals surface area contributed by atoms with E-state index in [1.165, 1.54) is 30.3 Å². The Morgan fingerprint density at radius 3 is 2.47 bits per heavy atom. The van der Waals surface area contributed by atoms with Gasteiger partial charge in [0.2, 0.25) is 0 Å². The molecule has 4 aromatic carbocycles. The number of nitrogens with zero attached hydrogens (tertiary/aromatic N) is 1. The molecule has 4 aromatic rings. The van der Waals surface area contributed by atoms with Gasteiger partial charge in [-0.15, -0.1) is 0 Å². The topological polar surface area (TPSA) is 95.9 Å². The highest BCUT2D eigenvalue weighted by Crippen LogP contribution is 2.30. The minimum atomic E-state index is -0.883. The van der Waals surface area contributed by atoms with Crippen LogP contribution in [0.1, 0.15) is 11.1 Å². The number of urea groups is 1.